The van der Waals surface area contributed by atoms with Crippen LogP contribution < -0.4 is 0 Å². The van der Waals surface area contributed by atoms with Gasteiger partial charge in [0.2, 0.25) is 0 Å². The van der Waals surface area contributed by atoms with E-state index >= 15 is 0 Å². The van der Waals surface area contributed by atoms with Gasteiger partial charge in [-0.25, -0.2) is 9.97 Å². The largest absolute Gasteiger partial charge is 0.357 e. The quantitative estimate of drug-likeness (QED) is 0.533. The lowest BCUT2D eigenvalue weighted by molar-refractivity contribution is 0.0747. The summed E-state index contributed by atoms with van der Waals surface area (Å²) in [6.45, 7) is 3.15. The van der Waals surface area contributed by atoms with E-state index in [-0.39, 0.29) is 7.33 Å². The van der Waals surface area contributed by atoms with Crippen molar-refractivity contribution >= 4 is 28.5 Å². The first-order chi connectivity index (χ1) is 13.2. The van der Waals surface area contributed by atoms with Crippen LogP contribution in [0.4, 0.5) is 0 Å². The first kappa shape index (κ1) is 17.3. The Bertz CT molecular complexity index is 1090. The number of hydrogen-bond donors (Lipinski definition) is 2. The molecule has 0 aliphatic heterocycles. The van der Waals surface area contributed by atoms with Crippen LogP contribution >= 0.6 is 11.6 Å². The van der Waals surface area contributed by atoms with E-state index in [9.17, 15) is 4.79 Å². The number of nitrogens with one attached hydrogen (secondary N) is 2. The number of carbonyl (C=O) groups excluding carboxylic acids is 1. The van der Waals surface area contributed by atoms with Crippen molar-refractivity contribution in [2.45, 2.75) is 13.5 Å². The van der Waals surface area contributed by atoms with E-state index in [1.807, 2.05) is 37.3 Å². The summed E-state index contributed by atoms with van der Waals surface area (Å²) < 4.78 is 0. The van der Waals surface area contributed by atoms with E-state index in [0.29, 0.717) is 35.1 Å². The second-order valence-corrected chi connectivity index (χ2v) is 6.60. The fraction of sp³-hybridized carbons (Fsp3) is 0.150. The van der Waals surface area contributed by atoms with Gasteiger partial charge in [0.05, 0.1) is 16.1 Å². The predicted octanol–water partition coefficient (Wildman–Crippen LogP) is 4.51. The minimum absolute atomic E-state index is 0. The van der Waals surface area contributed by atoms with Crippen LogP contribution in [-0.4, -0.2) is 37.3 Å². The molecule has 2 N–H and O–H groups in total. The zero-order chi connectivity index (χ0) is 18.8. The Balaban J connectivity index is 0.00000225. The average Bonchev–Trinajstić information content (AvgIpc) is 3.34. The van der Waals surface area contributed by atoms with Gasteiger partial charge >= 0.3 is 0 Å². The van der Waals surface area contributed by atoms with E-state index in [1.165, 1.54) is 6.33 Å². The van der Waals surface area contributed by atoms with Crippen LogP contribution in [0.1, 0.15) is 24.4 Å². The first-order valence-corrected chi connectivity index (χ1v) is 9.04. The summed E-state index contributed by atoms with van der Waals surface area (Å²) in [7, 11) is 0. The summed E-state index contributed by atoms with van der Waals surface area (Å²) >= 11 is 6.26. The third-order valence-corrected chi connectivity index (χ3v) is 4.79. The SMILES string of the molecule is CCN(Cc1ccccc1)C(=O)c1cc(-c2ncnc3[nH]cc(Cl)c23)c[nH]1.[HH]. The highest BCUT2D eigenvalue weighted by Crippen LogP contribution is 2.31. The predicted molar refractivity (Wildman–Crippen MR) is 108 cm³/mol. The van der Waals surface area contributed by atoms with Gasteiger partial charge in [-0.1, -0.05) is 41.9 Å². The van der Waals surface area contributed by atoms with Crippen molar-refractivity contribution in [1.29, 1.82) is 0 Å². The molecule has 0 aliphatic rings. The summed E-state index contributed by atoms with van der Waals surface area (Å²) in [6, 6.07) is 11.8. The highest BCUT2D eigenvalue weighted by Gasteiger charge is 2.19. The number of rotatable bonds is 5. The Hall–Kier alpha value is -3.12. The summed E-state index contributed by atoms with van der Waals surface area (Å²) in [5, 5.41) is 1.29. The topological polar surface area (TPSA) is 77.7 Å². The van der Waals surface area contributed by atoms with Gasteiger partial charge in [-0.3, -0.25) is 4.79 Å². The summed E-state index contributed by atoms with van der Waals surface area (Å²) in [6.07, 6.45) is 4.93. The fourth-order valence-electron chi connectivity index (χ4n) is 3.10. The highest BCUT2D eigenvalue weighted by atomic mass is 35.5. The maximum Gasteiger partial charge on any atom is 0.270 e. The molecule has 0 saturated carbocycles. The van der Waals surface area contributed by atoms with Crippen molar-refractivity contribution in [1.82, 2.24) is 24.8 Å². The van der Waals surface area contributed by atoms with Crippen LogP contribution in [0.15, 0.2) is 55.1 Å². The van der Waals surface area contributed by atoms with Crippen LogP contribution in [0.25, 0.3) is 22.3 Å². The molecule has 0 fully saturated rings. The van der Waals surface area contributed by atoms with Crippen molar-refractivity contribution in [3.63, 3.8) is 0 Å². The lowest BCUT2D eigenvalue weighted by Gasteiger charge is -2.20. The molecule has 0 atom stereocenters. The molecule has 1 aromatic carbocycles. The molecule has 0 bridgehead atoms. The summed E-state index contributed by atoms with van der Waals surface area (Å²) in [4.78, 5) is 29.4. The Morgan fingerprint density at radius 2 is 2.00 bits per heavy atom. The smallest absolute Gasteiger partial charge is 0.270 e. The van der Waals surface area contributed by atoms with Gasteiger partial charge in [-0.15, -0.1) is 0 Å². The number of amides is 1. The van der Waals surface area contributed by atoms with Gasteiger partial charge < -0.3 is 14.9 Å². The lowest BCUT2D eigenvalue weighted by atomic mass is 10.1. The number of H-pyrrole nitrogens is 2. The number of halogens is 1. The number of benzene rings is 1. The number of aromatic nitrogens is 4. The van der Waals surface area contributed by atoms with E-state index in [4.69, 9.17) is 11.6 Å². The van der Waals surface area contributed by atoms with E-state index in [1.54, 1.807) is 23.4 Å². The Kier molecular flexibility index (Phi) is 4.64. The molecular formula is C20H20ClN5O. The minimum atomic E-state index is -0.0573. The van der Waals surface area contributed by atoms with E-state index in [0.717, 1.165) is 16.5 Å². The standard InChI is InChI=1S/C20H18ClN5O.H2/c1-2-26(11-13-6-4-3-5-7-13)20(27)16-8-14(9-22-16)18-17-15(21)10-23-19(17)25-12-24-18;/h3-10,12,22H,2,11H2,1H3,(H,23,24,25);1H. The molecule has 3 heterocycles. The number of nitrogens with zero attached hydrogens (tertiary/aromatic N) is 3. The molecule has 7 heteroatoms. The Morgan fingerprint density at radius 3 is 2.78 bits per heavy atom. The molecule has 27 heavy (non-hydrogen) atoms. The molecule has 0 radical (unpaired) electrons. The van der Waals surface area contributed by atoms with Crippen LogP contribution in [0.5, 0.6) is 0 Å². The van der Waals surface area contributed by atoms with Gasteiger partial charge in [-0.05, 0) is 18.6 Å². The molecule has 0 saturated heterocycles. The lowest BCUT2D eigenvalue weighted by Crippen LogP contribution is -2.30. The fourth-order valence-corrected chi connectivity index (χ4v) is 3.33. The van der Waals surface area contributed by atoms with Gasteiger partial charge in [0.25, 0.3) is 5.91 Å². The average molecular weight is 382 g/mol. The number of carbonyl (C=O) groups is 1. The number of fused-ring (bicyclic) bond motifs is 1. The molecule has 4 aromatic rings. The Morgan fingerprint density at radius 1 is 1.19 bits per heavy atom. The molecule has 4 rings (SSSR count). The van der Waals surface area contributed by atoms with Gasteiger partial charge in [0.15, 0.2) is 0 Å². The summed E-state index contributed by atoms with van der Waals surface area (Å²) in [5.74, 6) is -0.0573. The van der Waals surface area contributed by atoms with Crippen molar-refractivity contribution < 1.29 is 6.22 Å². The zero-order valence-electron chi connectivity index (χ0n) is 14.7. The van der Waals surface area contributed by atoms with Crippen molar-refractivity contribution in [3.05, 3.63) is 71.4 Å². The molecule has 3 aromatic heterocycles. The van der Waals surface area contributed by atoms with Crippen molar-refractivity contribution in [3.8, 4) is 11.3 Å². The maximum absolute atomic E-state index is 12.9. The molecular weight excluding hydrogens is 362 g/mol. The number of hydrogen-bond acceptors (Lipinski definition) is 3. The molecule has 0 spiro atoms. The van der Waals surface area contributed by atoms with E-state index < -0.39 is 0 Å². The van der Waals surface area contributed by atoms with Crippen LogP contribution in [0, 0.1) is 0 Å². The summed E-state index contributed by atoms with van der Waals surface area (Å²) in [5.41, 5.74) is 3.76. The third kappa shape index (κ3) is 3.31. The second kappa shape index (κ2) is 7.25. The zero-order valence-corrected chi connectivity index (χ0v) is 15.5. The van der Waals surface area contributed by atoms with Gasteiger partial charge in [-0.2, -0.15) is 0 Å². The van der Waals surface area contributed by atoms with Crippen LogP contribution in [-0.2, 0) is 6.54 Å². The van der Waals surface area contributed by atoms with Gasteiger partial charge in [0, 0.05) is 32.5 Å². The minimum Gasteiger partial charge on any atom is -0.357 e. The third-order valence-electron chi connectivity index (χ3n) is 4.49. The van der Waals surface area contributed by atoms with Crippen LogP contribution in [0.2, 0.25) is 5.02 Å². The highest BCUT2D eigenvalue weighted by molar-refractivity contribution is 6.36. The number of aromatic amines is 2. The molecule has 138 valence electrons. The Labute approximate surface area is 162 Å². The van der Waals surface area contributed by atoms with Gasteiger partial charge in [0.1, 0.15) is 17.7 Å². The molecule has 0 aliphatic carbocycles. The van der Waals surface area contributed by atoms with Crippen molar-refractivity contribution in [2.75, 3.05) is 6.54 Å². The van der Waals surface area contributed by atoms with Crippen molar-refractivity contribution in [2.24, 2.45) is 0 Å². The monoisotopic (exact) mass is 381 g/mol. The second-order valence-electron chi connectivity index (χ2n) is 6.19. The first-order valence-electron chi connectivity index (χ1n) is 8.67. The normalized spacial score (nSPS) is 11.0. The maximum atomic E-state index is 12.9. The molecule has 1 amide bonds. The van der Waals surface area contributed by atoms with E-state index in [2.05, 4.69) is 19.9 Å². The molecule has 6 nitrogen and oxygen atoms in total. The molecule has 0 unspecified atom stereocenters. The van der Waals surface area contributed by atoms with Crippen LogP contribution in [0.3, 0.4) is 0 Å².